The standard InChI is InChI=1S/C16H15FN4/c17-14-7-12-3-1-4-18-16(12)13(8-14)9-20-10-15(11-20)21-6-2-5-19-21/h1-8,15H,9-11H2. The lowest BCUT2D eigenvalue weighted by molar-refractivity contribution is 0.0912. The van der Waals surface area contributed by atoms with Crippen LogP contribution in [-0.4, -0.2) is 32.8 Å². The Morgan fingerprint density at radius 2 is 2.10 bits per heavy atom. The molecular weight excluding hydrogens is 267 g/mol. The van der Waals surface area contributed by atoms with Crippen LogP contribution in [0.3, 0.4) is 0 Å². The second-order valence-corrected chi connectivity index (χ2v) is 5.47. The largest absolute Gasteiger partial charge is 0.295 e. The summed E-state index contributed by atoms with van der Waals surface area (Å²) in [4.78, 5) is 6.68. The molecule has 1 aliphatic rings. The zero-order valence-corrected chi connectivity index (χ0v) is 11.5. The number of nitrogens with zero attached hydrogens (tertiary/aromatic N) is 4. The third kappa shape index (κ3) is 2.29. The molecule has 3 aromatic rings. The van der Waals surface area contributed by atoms with Gasteiger partial charge in [-0.05, 0) is 29.8 Å². The van der Waals surface area contributed by atoms with Crippen molar-refractivity contribution in [2.24, 2.45) is 0 Å². The first-order valence-electron chi connectivity index (χ1n) is 7.04. The highest BCUT2D eigenvalue weighted by Gasteiger charge is 2.28. The van der Waals surface area contributed by atoms with E-state index in [-0.39, 0.29) is 5.82 Å². The molecule has 4 rings (SSSR count). The fourth-order valence-corrected chi connectivity index (χ4v) is 2.92. The zero-order valence-electron chi connectivity index (χ0n) is 11.5. The van der Waals surface area contributed by atoms with Gasteiger partial charge in [-0.3, -0.25) is 14.6 Å². The summed E-state index contributed by atoms with van der Waals surface area (Å²) in [5, 5.41) is 5.12. The first-order valence-corrected chi connectivity index (χ1v) is 7.04. The molecule has 2 aromatic heterocycles. The van der Waals surface area contributed by atoms with E-state index in [0.29, 0.717) is 6.04 Å². The molecule has 0 aliphatic carbocycles. The Balaban J connectivity index is 1.53. The molecule has 4 nitrogen and oxygen atoms in total. The second kappa shape index (κ2) is 4.93. The van der Waals surface area contributed by atoms with E-state index in [0.717, 1.165) is 36.1 Å². The molecule has 21 heavy (non-hydrogen) atoms. The highest BCUT2D eigenvalue weighted by Crippen LogP contribution is 2.25. The third-order valence-corrected chi connectivity index (χ3v) is 3.98. The summed E-state index contributed by atoms with van der Waals surface area (Å²) >= 11 is 0. The molecule has 3 heterocycles. The van der Waals surface area contributed by atoms with Gasteiger partial charge in [0.25, 0.3) is 0 Å². The first kappa shape index (κ1) is 12.5. The third-order valence-electron chi connectivity index (χ3n) is 3.98. The van der Waals surface area contributed by atoms with Crippen LogP contribution in [0.5, 0.6) is 0 Å². The average molecular weight is 282 g/mol. The van der Waals surface area contributed by atoms with E-state index in [1.165, 1.54) is 6.07 Å². The molecule has 1 aliphatic heterocycles. The number of hydrogen-bond donors (Lipinski definition) is 0. The summed E-state index contributed by atoms with van der Waals surface area (Å²) in [6.45, 7) is 2.60. The summed E-state index contributed by atoms with van der Waals surface area (Å²) in [6, 6.07) is 9.23. The number of pyridine rings is 1. The quantitative estimate of drug-likeness (QED) is 0.740. The van der Waals surface area contributed by atoms with Crippen LogP contribution in [0.4, 0.5) is 4.39 Å². The summed E-state index contributed by atoms with van der Waals surface area (Å²) < 4.78 is 15.7. The molecule has 1 aromatic carbocycles. The summed E-state index contributed by atoms with van der Waals surface area (Å²) in [7, 11) is 0. The van der Waals surface area contributed by atoms with Crippen LogP contribution in [0.2, 0.25) is 0 Å². The second-order valence-electron chi connectivity index (χ2n) is 5.47. The van der Waals surface area contributed by atoms with E-state index >= 15 is 0 Å². The first-order chi connectivity index (χ1) is 10.3. The van der Waals surface area contributed by atoms with Crippen LogP contribution >= 0.6 is 0 Å². The Kier molecular flexibility index (Phi) is 2.93. The molecule has 0 spiro atoms. The van der Waals surface area contributed by atoms with Crippen LogP contribution in [0.1, 0.15) is 11.6 Å². The molecule has 0 unspecified atom stereocenters. The Morgan fingerprint density at radius 1 is 1.19 bits per heavy atom. The molecule has 0 atom stereocenters. The molecule has 1 fully saturated rings. The topological polar surface area (TPSA) is 34.0 Å². The van der Waals surface area contributed by atoms with Crippen LogP contribution in [0.15, 0.2) is 48.9 Å². The maximum absolute atomic E-state index is 13.7. The smallest absolute Gasteiger partial charge is 0.124 e. The SMILES string of the molecule is Fc1cc(CN2CC(n3cccn3)C2)c2ncccc2c1. The zero-order chi connectivity index (χ0) is 14.2. The lowest BCUT2D eigenvalue weighted by atomic mass is 10.0. The minimum absolute atomic E-state index is 0.199. The fraction of sp³-hybridized carbons (Fsp3) is 0.250. The Hall–Kier alpha value is -2.27. The number of rotatable bonds is 3. The van der Waals surface area contributed by atoms with E-state index < -0.39 is 0 Å². The van der Waals surface area contributed by atoms with E-state index in [4.69, 9.17) is 0 Å². The van der Waals surface area contributed by atoms with Gasteiger partial charge in [-0.1, -0.05) is 6.07 Å². The number of halogens is 1. The van der Waals surface area contributed by atoms with Gasteiger partial charge in [0.2, 0.25) is 0 Å². The van der Waals surface area contributed by atoms with Gasteiger partial charge in [-0.15, -0.1) is 0 Å². The van der Waals surface area contributed by atoms with Crippen molar-refractivity contribution in [3.63, 3.8) is 0 Å². The van der Waals surface area contributed by atoms with Crippen molar-refractivity contribution in [3.8, 4) is 0 Å². The van der Waals surface area contributed by atoms with E-state index in [1.54, 1.807) is 18.5 Å². The van der Waals surface area contributed by atoms with Crippen molar-refractivity contribution in [2.45, 2.75) is 12.6 Å². The Morgan fingerprint density at radius 3 is 2.90 bits per heavy atom. The highest BCUT2D eigenvalue weighted by atomic mass is 19.1. The van der Waals surface area contributed by atoms with Gasteiger partial charge in [0.1, 0.15) is 5.82 Å². The number of likely N-dealkylation sites (tertiary alicyclic amines) is 1. The fourth-order valence-electron chi connectivity index (χ4n) is 2.92. The van der Waals surface area contributed by atoms with E-state index in [1.807, 2.05) is 29.1 Å². The van der Waals surface area contributed by atoms with Gasteiger partial charge in [0.15, 0.2) is 0 Å². The molecule has 0 amide bonds. The monoisotopic (exact) mass is 282 g/mol. The lowest BCUT2D eigenvalue weighted by Gasteiger charge is -2.39. The van der Waals surface area contributed by atoms with Crippen molar-refractivity contribution in [2.75, 3.05) is 13.1 Å². The molecular formula is C16H15FN4. The minimum atomic E-state index is -0.199. The molecule has 0 bridgehead atoms. The van der Waals surface area contributed by atoms with Crippen molar-refractivity contribution in [1.82, 2.24) is 19.7 Å². The van der Waals surface area contributed by atoms with Gasteiger partial charge in [-0.25, -0.2) is 4.39 Å². The summed E-state index contributed by atoms with van der Waals surface area (Å²) in [6.07, 6.45) is 5.54. The average Bonchev–Trinajstić information content (AvgIpc) is 2.95. The molecule has 0 N–H and O–H groups in total. The number of fused-ring (bicyclic) bond motifs is 1. The molecule has 5 heteroatoms. The van der Waals surface area contributed by atoms with Crippen molar-refractivity contribution in [1.29, 1.82) is 0 Å². The minimum Gasteiger partial charge on any atom is -0.295 e. The van der Waals surface area contributed by atoms with E-state index in [9.17, 15) is 4.39 Å². The number of benzene rings is 1. The maximum Gasteiger partial charge on any atom is 0.124 e. The van der Waals surface area contributed by atoms with Gasteiger partial charge < -0.3 is 0 Å². The van der Waals surface area contributed by atoms with Crippen LogP contribution < -0.4 is 0 Å². The normalized spacial score (nSPS) is 16.2. The van der Waals surface area contributed by atoms with Crippen LogP contribution in [0.25, 0.3) is 10.9 Å². The van der Waals surface area contributed by atoms with Gasteiger partial charge >= 0.3 is 0 Å². The maximum atomic E-state index is 13.7. The highest BCUT2D eigenvalue weighted by molar-refractivity contribution is 5.81. The van der Waals surface area contributed by atoms with Crippen molar-refractivity contribution >= 4 is 10.9 Å². The van der Waals surface area contributed by atoms with Crippen molar-refractivity contribution < 1.29 is 4.39 Å². The van der Waals surface area contributed by atoms with Crippen LogP contribution in [-0.2, 0) is 6.54 Å². The van der Waals surface area contributed by atoms with Gasteiger partial charge in [0, 0.05) is 43.6 Å². The number of aromatic nitrogens is 3. The predicted molar refractivity (Wildman–Crippen MR) is 78.2 cm³/mol. The molecule has 0 saturated carbocycles. The summed E-state index contributed by atoms with van der Waals surface area (Å²) in [5.74, 6) is -0.199. The molecule has 1 saturated heterocycles. The molecule has 106 valence electrons. The number of hydrogen-bond acceptors (Lipinski definition) is 3. The van der Waals surface area contributed by atoms with Gasteiger partial charge in [-0.2, -0.15) is 5.10 Å². The van der Waals surface area contributed by atoms with Crippen LogP contribution in [0, 0.1) is 5.82 Å². The van der Waals surface area contributed by atoms with Crippen molar-refractivity contribution in [3.05, 3.63) is 60.3 Å². The predicted octanol–water partition coefficient (Wildman–Crippen LogP) is 2.63. The Bertz CT molecular complexity index is 763. The summed E-state index contributed by atoms with van der Waals surface area (Å²) in [5.41, 5.74) is 1.84. The van der Waals surface area contributed by atoms with E-state index in [2.05, 4.69) is 15.0 Å². The van der Waals surface area contributed by atoms with Gasteiger partial charge in [0.05, 0.1) is 11.6 Å². The molecule has 0 radical (unpaired) electrons. The lowest BCUT2D eigenvalue weighted by Crippen LogP contribution is -2.47. The Labute approximate surface area is 121 Å².